The van der Waals surface area contributed by atoms with Gasteiger partial charge in [-0.25, -0.2) is 0 Å². The third-order valence-electron chi connectivity index (χ3n) is 3.57. The molecule has 1 aliphatic rings. The van der Waals surface area contributed by atoms with Crippen molar-refractivity contribution in [3.8, 4) is 0 Å². The van der Waals surface area contributed by atoms with E-state index in [1.165, 1.54) is 0 Å². The average molecular weight is 324 g/mol. The standard InChI is InChI=1S/C16H22ClN3O2/c1-12(2)18-15(21)11-19-7-9-20(10-8-19)16(22)13-3-5-14(17)6-4-13/h3-6,12H,7-11H2,1-2H3,(H,18,21). The molecule has 0 bridgehead atoms. The van der Waals surface area contributed by atoms with Gasteiger partial charge in [0, 0.05) is 42.8 Å². The Labute approximate surface area is 136 Å². The summed E-state index contributed by atoms with van der Waals surface area (Å²) in [7, 11) is 0. The molecular formula is C16H22ClN3O2. The number of nitrogens with one attached hydrogen (secondary N) is 1. The van der Waals surface area contributed by atoms with Crippen LogP contribution in [0.25, 0.3) is 0 Å². The zero-order valence-electron chi connectivity index (χ0n) is 13.0. The highest BCUT2D eigenvalue weighted by Crippen LogP contribution is 2.13. The molecule has 6 heteroatoms. The van der Waals surface area contributed by atoms with Crippen molar-refractivity contribution >= 4 is 23.4 Å². The Kier molecular flexibility index (Phi) is 5.80. The van der Waals surface area contributed by atoms with Crippen molar-refractivity contribution in [2.75, 3.05) is 32.7 Å². The minimum absolute atomic E-state index is 0.0166. The molecule has 2 amide bonds. The molecule has 1 aromatic rings. The van der Waals surface area contributed by atoms with Crippen LogP contribution in [0.3, 0.4) is 0 Å². The second-order valence-electron chi connectivity index (χ2n) is 5.80. The molecule has 1 N–H and O–H groups in total. The Morgan fingerprint density at radius 1 is 1.14 bits per heavy atom. The van der Waals surface area contributed by atoms with Crippen molar-refractivity contribution < 1.29 is 9.59 Å². The van der Waals surface area contributed by atoms with Gasteiger partial charge in [-0.1, -0.05) is 11.6 Å². The zero-order valence-corrected chi connectivity index (χ0v) is 13.8. The second-order valence-corrected chi connectivity index (χ2v) is 6.23. The Morgan fingerprint density at radius 2 is 1.73 bits per heavy atom. The summed E-state index contributed by atoms with van der Waals surface area (Å²) in [6.45, 7) is 6.98. The van der Waals surface area contributed by atoms with E-state index >= 15 is 0 Å². The molecule has 1 saturated heterocycles. The van der Waals surface area contributed by atoms with E-state index < -0.39 is 0 Å². The molecule has 0 atom stereocenters. The van der Waals surface area contributed by atoms with Crippen LogP contribution in [-0.4, -0.2) is 60.4 Å². The number of amides is 2. The third-order valence-corrected chi connectivity index (χ3v) is 3.82. The summed E-state index contributed by atoms with van der Waals surface area (Å²) in [5.41, 5.74) is 0.649. The van der Waals surface area contributed by atoms with Gasteiger partial charge < -0.3 is 10.2 Å². The number of carbonyl (C=O) groups is 2. The van der Waals surface area contributed by atoms with Crippen LogP contribution in [-0.2, 0) is 4.79 Å². The molecule has 0 aliphatic carbocycles. The lowest BCUT2D eigenvalue weighted by Crippen LogP contribution is -2.51. The van der Waals surface area contributed by atoms with Crippen molar-refractivity contribution in [2.45, 2.75) is 19.9 Å². The van der Waals surface area contributed by atoms with Gasteiger partial charge in [-0.05, 0) is 38.1 Å². The molecule has 1 aromatic carbocycles. The lowest BCUT2D eigenvalue weighted by molar-refractivity contribution is -0.123. The summed E-state index contributed by atoms with van der Waals surface area (Å²) < 4.78 is 0. The molecule has 0 aromatic heterocycles. The van der Waals surface area contributed by atoms with Crippen LogP contribution in [0.1, 0.15) is 24.2 Å². The van der Waals surface area contributed by atoms with Crippen molar-refractivity contribution in [1.29, 1.82) is 0 Å². The highest BCUT2D eigenvalue weighted by atomic mass is 35.5. The monoisotopic (exact) mass is 323 g/mol. The fraction of sp³-hybridized carbons (Fsp3) is 0.500. The van der Waals surface area contributed by atoms with E-state index in [1.54, 1.807) is 24.3 Å². The number of carbonyl (C=O) groups excluding carboxylic acids is 2. The smallest absolute Gasteiger partial charge is 0.253 e. The Bertz CT molecular complexity index is 523. The van der Waals surface area contributed by atoms with E-state index in [1.807, 2.05) is 18.7 Å². The van der Waals surface area contributed by atoms with Gasteiger partial charge in [0.25, 0.3) is 5.91 Å². The minimum atomic E-state index is 0.0166. The molecule has 1 heterocycles. The number of hydrogen-bond acceptors (Lipinski definition) is 3. The zero-order chi connectivity index (χ0) is 16.1. The predicted molar refractivity (Wildman–Crippen MR) is 87.1 cm³/mol. The first-order chi connectivity index (χ1) is 10.5. The SMILES string of the molecule is CC(C)NC(=O)CN1CCN(C(=O)c2ccc(Cl)cc2)CC1. The summed E-state index contributed by atoms with van der Waals surface area (Å²) in [6.07, 6.45) is 0. The van der Waals surface area contributed by atoms with Gasteiger partial charge in [0.15, 0.2) is 0 Å². The Morgan fingerprint density at radius 3 is 2.27 bits per heavy atom. The number of benzene rings is 1. The van der Waals surface area contributed by atoms with Gasteiger partial charge in [-0.2, -0.15) is 0 Å². The van der Waals surface area contributed by atoms with E-state index in [0.29, 0.717) is 43.3 Å². The Hall–Kier alpha value is -1.59. The molecule has 0 saturated carbocycles. The molecular weight excluding hydrogens is 302 g/mol. The van der Waals surface area contributed by atoms with Gasteiger partial charge >= 0.3 is 0 Å². The topological polar surface area (TPSA) is 52.7 Å². The number of rotatable bonds is 4. The number of nitrogens with zero attached hydrogens (tertiary/aromatic N) is 2. The van der Waals surface area contributed by atoms with E-state index in [9.17, 15) is 9.59 Å². The van der Waals surface area contributed by atoms with Crippen LogP contribution in [0.4, 0.5) is 0 Å². The maximum atomic E-state index is 12.4. The van der Waals surface area contributed by atoms with Gasteiger partial charge in [-0.15, -0.1) is 0 Å². The minimum Gasteiger partial charge on any atom is -0.353 e. The van der Waals surface area contributed by atoms with Crippen molar-refractivity contribution in [3.63, 3.8) is 0 Å². The molecule has 120 valence electrons. The van der Waals surface area contributed by atoms with E-state index in [4.69, 9.17) is 11.6 Å². The fourth-order valence-electron chi connectivity index (χ4n) is 2.45. The molecule has 22 heavy (non-hydrogen) atoms. The van der Waals surface area contributed by atoms with Crippen LogP contribution >= 0.6 is 11.6 Å². The summed E-state index contributed by atoms with van der Waals surface area (Å²) in [6, 6.07) is 7.09. The quantitative estimate of drug-likeness (QED) is 0.916. The highest BCUT2D eigenvalue weighted by Gasteiger charge is 2.23. The highest BCUT2D eigenvalue weighted by molar-refractivity contribution is 6.30. The normalized spacial score (nSPS) is 15.9. The summed E-state index contributed by atoms with van der Waals surface area (Å²) in [5.74, 6) is 0.0513. The fourth-order valence-corrected chi connectivity index (χ4v) is 2.58. The summed E-state index contributed by atoms with van der Waals surface area (Å²) in [5, 5.41) is 3.50. The van der Waals surface area contributed by atoms with E-state index in [0.717, 1.165) is 0 Å². The van der Waals surface area contributed by atoms with Crippen LogP contribution < -0.4 is 5.32 Å². The number of hydrogen-bond donors (Lipinski definition) is 1. The lowest BCUT2D eigenvalue weighted by Gasteiger charge is -2.34. The average Bonchev–Trinajstić information content (AvgIpc) is 2.47. The molecule has 1 fully saturated rings. The van der Waals surface area contributed by atoms with Gasteiger partial charge in [0.2, 0.25) is 5.91 Å². The largest absolute Gasteiger partial charge is 0.353 e. The first-order valence-electron chi connectivity index (χ1n) is 7.52. The van der Waals surface area contributed by atoms with E-state index in [-0.39, 0.29) is 17.9 Å². The van der Waals surface area contributed by atoms with Crippen LogP contribution in [0, 0.1) is 0 Å². The molecule has 5 nitrogen and oxygen atoms in total. The summed E-state index contributed by atoms with van der Waals surface area (Å²) >= 11 is 5.84. The first-order valence-corrected chi connectivity index (χ1v) is 7.90. The van der Waals surface area contributed by atoms with Gasteiger partial charge in [0.05, 0.1) is 6.54 Å². The first kappa shape index (κ1) is 16.8. The second kappa shape index (κ2) is 7.61. The van der Waals surface area contributed by atoms with Gasteiger partial charge in [-0.3, -0.25) is 14.5 Å². The Balaban J connectivity index is 1.83. The lowest BCUT2D eigenvalue weighted by atomic mass is 10.2. The predicted octanol–water partition coefficient (Wildman–Crippen LogP) is 1.62. The third kappa shape index (κ3) is 4.71. The van der Waals surface area contributed by atoms with Gasteiger partial charge in [0.1, 0.15) is 0 Å². The maximum Gasteiger partial charge on any atom is 0.253 e. The van der Waals surface area contributed by atoms with Crippen molar-refractivity contribution in [1.82, 2.24) is 15.1 Å². The molecule has 2 rings (SSSR count). The van der Waals surface area contributed by atoms with E-state index in [2.05, 4.69) is 10.2 Å². The van der Waals surface area contributed by atoms with Crippen molar-refractivity contribution in [3.05, 3.63) is 34.9 Å². The summed E-state index contributed by atoms with van der Waals surface area (Å²) in [4.78, 5) is 28.0. The van der Waals surface area contributed by atoms with Crippen LogP contribution in [0.2, 0.25) is 5.02 Å². The number of halogens is 1. The molecule has 0 radical (unpaired) electrons. The maximum absolute atomic E-state index is 12.4. The number of piperazine rings is 1. The van der Waals surface area contributed by atoms with Crippen LogP contribution in [0.5, 0.6) is 0 Å². The molecule has 0 spiro atoms. The van der Waals surface area contributed by atoms with Crippen LogP contribution in [0.15, 0.2) is 24.3 Å². The molecule has 1 aliphatic heterocycles. The van der Waals surface area contributed by atoms with Crippen molar-refractivity contribution in [2.24, 2.45) is 0 Å². The molecule has 0 unspecified atom stereocenters.